The molecule has 6 rings (SSSR count). The van der Waals surface area contributed by atoms with Crippen molar-refractivity contribution in [3.05, 3.63) is 101 Å². The van der Waals surface area contributed by atoms with E-state index in [1.165, 1.54) is 35.2 Å². The second-order valence-corrected chi connectivity index (χ2v) is 9.61. The molecule has 1 aliphatic heterocycles. The van der Waals surface area contributed by atoms with Gasteiger partial charge in [0.05, 0.1) is 0 Å². The zero-order valence-electron chi connectivity index (χ0n) is 21.0. The lowest BCUT2D eigenvalue weighted by Crippen LogP contribution is -2.29. The molecule has 0 atom stereocenters. The average molecular weight is 524 g/mol. The highest BCUT2D eigenvalue weighted by Gasteiger charge is 2.23. The first kappa shape index (κ1) is 24.5. The number of carbonyl (C=O) groups is 1. The second kappa shape index (κ2) is 9.80. The van der Waals surface area contributed by atoms with Crippen LogP contribution in [0.5, 0.6) is 0 Å². The summed E-state index contributed by atoms with van der Waals surface area (Å²) in [5.41, 5.74) is 16.4. The number of hydrogen-bond donors (Lipinski definition) is 3. The summed E-state index contributed by atoms with van der Waals surface area (Å²) >= 11 is 0. The number of rotatable bonds is 5. The summed E-state index contributed by atoms with van der Waals surface area (Å²) in [7, 11) is 0. The normalized spacial score (nSPS) is 14.1. The molecule has 0 unspecified atom stereocenters. The molecule has 1 fully saturated rings. The molecule has 0 saturated carbocycles. The van der Waals surface area contributed by atoms with E-state index in [1.54, 1.807) is 12.3 Å². The van der Waals surface area contributed by atoms with E-state index in [1.807, 2.05) is 28.8 Å². The van der Waals surface area contributed by atoms with Gasteiger partial charge in [0.25, 0.3) is 11.5 Å². The molecule has 5 aromatic rings. The van der Waals surface area contributed by atoms with Crippen LogP contribution in [0.25, 0.3) is 33.5 Å². The molecule has 39 heavy (non-hydrogen) atoms. The number of benzene rings is 2. The third-order valence-electron chi connectivity index (χ3n) is 7.32. The molecule has 1 amide bonds. The van der Waals surface area contributed by atoms with Crippen molar-refractivity contribution in [1.29, 1.82) is 0 Å². The van der Waals surface area contributed by atoms with Crippen LogP contribution >= 0.6 is 0 Å². The quantitative estimate of drug-likeness (QED) is 0.323. The van der Waals surface area contributed by atoms with Crippen molar-refractivity contribution in [1.82, 2.24) is 24.5 Å². The van der Waals surface area contributed by atoms with Crippen molar-refractivity contribution >= 4 is 17.2 Å². The standard InChI is InChI=1S/C29H26FN7O2/c30-20-5-7-21(8-6-20)36-14-11-22(25(28(32)38)29(36)39)17-1-3-18(4-2-17)23-15-24(19-9-12-33-13-10-19)37-26(23)27(31)34-16-35-37/h1-8,11,14-16,19,33H,9-10,12-13H2,(H2,32,38)(H2,31,34,35). The first-order valence-electron chi connectivity index (χ1n) is 12.7. The first-order valence-corrected chi connectivity index (χ1v) is 12.7. The summed E-state index contributed by atoms with van der Waals surface area (Å²) in [6.45, 7) is 1.90. The van der Waals surface area contributed by atoms with Crippen molar-refractivity contribution < 1.29 is 9.18 Å². The predicted molar refractivity (Wildman–Crippen MR) is 147 cm³/mol. The van der Waals surface area contributed by atoms with Crippen LogP contribution in [0.15, 0.2) is 78.0 Å². The van der Waals surface area contributed by atoms with Crippen molar-refractivity contribution in [2.45, 2.75) is 18.8 Å². The van der Waals surface area contributed by atoms with Gasteiger partial charge in [-0.2, -0.15) is 5.10 Å². The van der Waals surface area contributed by atoms with Crippen molar-refractivity contribution in [2.75, 3.05) is 18.8 Å². The molecule has 196 valence electrons. The van der Waals surface area contributed by atoms with Gasteiger partial charge in [-0.1, -0.05) is 24.3 Å². The van der Waals surface area contributed by atoms with Crippen LogP contribution in [-0.4, -0.2) is 38.2 Å². The van der Waals surface area contributed by atoms with Gasteiger partial charge in [0.15, 0.2) is 5.82 Å². The lowest BCUT2D eigenvalue weighted by molar-refractivity contribution is 0.0999. The molecule has 9 nitrogen and oxygen atoms in total. The van der Waals surface area contributed by atoms with E-state index in [-0.39, 0.29) is 5.56 Å². The SMILES string of the molecule is NC(=O)c1c(-c2ccc(-c3cc(C4CCNCC4)n4ncnc(N)c34)cc2)ccn(-c2ccc(F)cc2)c1=O. The van der Waals surface area contributed by atoms with Crippen LogP contribution < -0.4 is 22.3 Å². The number of halogens is 1. The minimum Gasteiger partial charge on any atom is -0.382 e. The molecule has 0 bridgehead atoms. The maximum Gasteiger partial charge on any atom is 0.268 e. The van der Waals surface area contributed by atoms with E-state index in [4.69, 9.17) is 11.5 Å². The molecule has 0 aliphatic carbocycles. The number of fused-ring (bicyclic) bond motifs is 1. The lowest BCUT2D eigenvalue weighted by atomic mass is 9.93. The number of carbonyl (C=O) groups excluding carboxylic acids is 1. The summed E-state index contributed by atoms with van der Waals surface area (Å²) in [6, 6.07) is 16.7. The minimum atomic E-state index is -0.842. The lowest BCUT2D eigenvalue weighted by Gasteiger charge is -2.22. The van der Waals surface area contributed by atoms with Gasteiger partial charge in [-0.15, -0.1) is 0 Å². The number of pyridine rings is 1. The number of nitrogens with zero attached hydrogens (tertiary/aromatic N) is 4. The fourth-order valence-electron chi connectivity index (χ4n) is 5.37. The fourth-order valence-corrected chi connectivity index (χ4v) is 5.37. The van der Waals surface area contributed by atoms with E-state index in [0.29, 0.717) is 28.6 Å². The molecule has 1 aliphatic rings. The Morgan fingerprint density at radius 1 is 0.974 bits per heavy atom. The van der Waals surface area contributed by atoms with Crippen LogP contribution in [0.1, 0.15) is 34.8 Å². The van der Waals surface area contributed by atoms with Crippen molar-refractivity contribution in [3.8, 4) is 27.9 Å². The zero-order valence-corrected chi connectivity index (χ0v) is 21.0. The maximum absolute atomic E-state index is 13.4. The van der Waals surface area contributed by atoms with Crippen LogP contribution in [0.2, 0.25) is 0 Å². The minimum absolute atomic E-state index is 0.144. The van der Waals surface area contributed by atoms with E-state index >= 15 is 0 Å². The molecule has 5 N–H and O–H groups in total. The first-order chi connectivity index (χ1) is 18.9. The van der Waals surface area contributed by atoms with Gasteiger partial charge >= 0.3 is 0 Å². The van der Waals surface area contributed by atoms with Crippen molar-refractivity contribution in [3.63, 3.8) is 0 Å². The number of piperidine rings is 1. The highest BCUT2D eigenvalue weighted by atomic mass is 19.1. The average Bonchev–Trinajstić information content (AvgIpc) is 3.35. The van der Waals surface area contributed by atoms with Crippen molar-refractivity contribution in [2.24, 2.45) is 5.73 Å². The summed E-state index contributed by atoms with van der Waals surface area (Å²) in [5, 5.41) is 7.90. The largest absolute Gasteiger partial charge is 0.382 e. The Balaban J connectivity index is 1.42. The Morgan fingerprint density at radius 2 is 1.64 bits per heavy atom. The number of primary amides is 1. The second-order valence-electron chi connectivity index (χ2n) is 9.61. The Bertz CT molecular complexity index is 1750. The number of amides is 1. The van der Waals surface area contributed by atoms with Gasteiger partial charge in [0.2, 0.25) is 0 Å². The van der Waals surface area contributed by atoms with E-state index in [9.17, 15) is 14.0 Å². The Labute approximate surface area is 222 Å². The van der Waals surface area contributed by atoms with Crippen LogP contribution in [-0.2, 0) is 0 Å². The smallest absolute Gasteiger partial charge is 0.268 e. The molecule has 1 saturated heterocycles. The molecule has 0 radical (unpaired) electrons. The summed E-state index contributed by atoms with van der Waals surface area (Å²) < 4.78 is 16.5. The molecule has 0 spiro atoms. The molecule has 3 aromatic heterocycles. The maximum atomic E-state index is 13.4. The molecule has 10 heteroatoms. The third-order valence-corrected chi connectivity index (χ3v) is 7.32. The van der Waals surface area contributed by atoms with Gasteiger partial charge in [-0.05, 0) is 73.5 Å². The van der Waals surface area contributed by atoms with Gasteiger partial charge < -0.3 is 16.8 Å². The van der Waals surface area contributed by atoms with Crippen LogP contribution in [0.3, 0.4) is 0 Å². The Hall–Kier alpha value is -4.83. The highest BCUT2D eigenvalue weighted by Crippen LogP contribution is 2.36. The number of nitrogens with one attached hydrogen (secondary N) is 1. The van der Waals surface area contributed by atoms with E-state index in [2.05, 4.69) is 21.5 Å². The van der Waals surface area contributed by atoms with Gasteiger partial charge in [0, 0.05) is 34.6 Å². The number of hydrogen-bond acceptors (Lipinski definition) is 6. The Kier molecular flexibility index (Phi) is 6.16. The fraction of sp³-hybridized carbons (Fsp3) is 0.172. The summed E-state index contributed by atoms with van der Waals surface area (Å²) in [5.74, 6) is -0.521. The van der Waals surface area contributed by atoms with E-state index < -0.39 is 17.3 Å². The Morgan fingerprint density at radius 3 is 2.31 bits per heavy atom. The number of nitrogen functional groups attached to an aromatic ring is 1. The van der Waals surface area contributed by atoms with Gasteiger partial charge in [-0.25, -0.2) is 13.9 Å². The number of anilines is 1. The molecule has 4 heterocycles. The topological polar surface area (TPSA) is 133 Å². The molecular weight excluding hydrogens is 497 g/mol. The van der Waals surface area contributed by atoms with E-state index in [0.717, 1.165) is 48.3 Å². The third kappa shape index (κ3) is 4.34. The van der Waals surface area contributed by atoms with Crippen LogP contribution in [0, 0.1) is 5.82 Å². The van der Waals surface area contributed by atoms with Crippen LogP contribution in [0.4, 0.5) is 10.2 Å². The van der Waals surface area contributed by atoms with Gasteiger partial charge in [-0.3, -0.25) is 14.2 Å². The monoisotopic (exact) mass is 523 g/mol. The molecular formula is C29H26FN7O2. The number of nitrogens with two attached hydrogens (primary N) is 2. The number of aromatic nitrogens is 4. The summed E-state index contributed by atoms with van der Waals surface area (Å²) in [4.78, 5) is 29.9. The molecule has 2 aromatic carbocycles. The highest BCUT2D eigenvalue weighted by molar-refractivity contribution is 5.99. The summed E-state index contributed by atoms with van der Waals surface area (Å²) in [6.07, 6.45) is 5.04. The zero-order chi connectivity index (χ0) is 27.1. The predicted octanol–water partition coefficient (Wildman–Crippen LogP) is 3.50. The van der Waals surface area contributed by atoms with Gasteiger partial charge in [0.1, 0.15) is 23.2 Å².